The van der Waals surface area contributed by atoms with E-state index in [1.54, 1.807) is 6.08 Å². The molecule has 1 aromatic rings. The van der Waals surface area contributed by atoms with Gasteiger partial charge < -0.3 is 4.90 Å². The molecule has 2 rings (SSSR count). The molecule has 2 nitrogen and oxygen atoms in total. The summed E-state index contributed by atoms with van der Waals surface area (Å²) in [5, 5.41) is 0.302. The van der Waals surface area contributed by atoms with Gasteiger partial charge in [0.05, 0.1) is 0 Å². The van der Waals surface area contributed by atoms with E-state index in [1.165, 1.54) is 0 Å². The summed E-state index contributed by atoms with van der Waals surface area (Å²) in [7, 11) is 0. The second kappa shape index (κ2) is 6.05. The molecule has 1 aliphatic heterocycles. The molecule has 0 saturated carbocycles. The second-order valence-electron chi connectivity index (χ2n) is 4.88. The van der Waals surface area contributed by atoms with Crippen LogP contribution in [-0.4, -0.2) is 23.9 Å². The first-order valence-electron chi connectivity index (χ1n) is 6.38. The van der Waals surface area contributed by atoms with Crippen LogP contribution in [0.15, 0.2) is 35.4 Å². The van der Waals surface area contributed by atoms with Gasteiger partial charge in [0.2, 0.25) is 0 Å². The first-order chi connectivity index (χ1) is 8.66. The third-order valence-corrected chi connectivity index (χ3v) is 3.64. The third kappa shape index (κ3) is 3.36. The highest BCUT2D eigenvalue weighted by Gasteiger charge is 2.21. The Morgan fingerprint density at radius 2 is 1.89 bits per heavy atom. The lowest BCUT2D eigenvalue weighted by molar-refractivity contribution is -0.127. The SMILES string of the molecule is CC1CCN(C(=O)/C(Cl)=C\c2ccccc2)CC1. The minimum absolute atomic E-state index is 0.0487. The lowest BCUT2D eigenvalue weighted by Gasteiger charge is -2.30. The Hall–Kier alpha value is -1.28. The van der Waals surface area contributed by atoms with Gasteiger partial charge in [0.25, 0.3) is 5.91 Å². The number of carbonyl (C=O) groups excluding carboxylic acids is 1. The number of hydrogen-bond acceptors (Lipinski definition) is 1. The van der Waals surface area contributed by atoms with Gasteiger partial charge in [-0.15, -0.1) is 0 Å². The first-order valence-corrected chi connectivity index (χ1v) is 6.76. The van der Waals surface area contributed by atoms with Crippen LogP contribution in [0.25, 0.3) is 6.08 Å². The van der Waals surface area contributed by atoms with Gasteiger partial charge in [0.15, 0.2) is 0 Å². The van der Waals surface area contributed by atoms with E-state index in [-0.39, 0.29) is 5.91 Å². The van der Waals surface area contributed by atoms with Crippen LogP contribution in [0.3, 0.4) is 0 Å². The Balaban J connectivity index is 2.03. The van der Waals surface area contributed by atoms with Gasteiger partial charge in [-0.05, 0) is 30.4 Å². The molecule has 0 spiro atoms. The molecular formula is C15H18ClNO. The predicted octanol–water partition coefficient (Wildman–Crippen LogP) is 3.52. The van der Waals surface area contributed by atoms with Crippen LogP contribution in [0.5, 0.6) is 0 Å². The van der Waals surface area contributed by atoms with E-state index < -0.39 is 0 Å². The zero-order chi connectivity index (χ0) is 13.0. The molecule has 1 fully saturated rings. The highest BCUT2D eigenvalue weighted by molar-refractivity contribution is 6.44. The molecule has 1 saturated heterocycles. The smallest absolute Gasteiger partial charge is 0.265 e. The number of carbonyl (C=O) groups is 1. The molecule has 0 aliphatic carbocycles. The minimum atomic E-state index is -0.0487. The summed E-state index contributed by atoms with van der Waals surface area (Å²) >= 11 is 6.11. The van der Waals surface area contributed by atoms with E-state index in [0.29, 0.717) is 11.0 Å². The van der Waals surface area contributed by atoms with Gasteiger partial charge >= 0.3 is 0 Å². The fourth-order valence-electron chi connectivity index (χ4n) is 2.12. The van der Waals surface area contributed by atoms with Crippen molar-refractivity contribution in [2.75, 3.05) is 13.1 Å². The van der Waals surface area contributed by atoms with Crippen LogP contribution in [0, 0.1) is 5.92 Å². The maximum absolute atomic E-state index is 12.1. The van der Waals surface area contributed by atoms with Crippen LogP contribution in [0.1, 0.15) is 25.3 Å². The van der Waals surface area contributed by atoms with E-state index in [9.17, 15) is 4.79 Å². The fourth-order valence-corrected chi connectivity index (χ4v) is 2.37. The highest BCUT2D eigenvalue weighted by Crippen LogP contribution is 2.20. The second-order valence-corrected chi connectivity index (χ2v) is 5.28. The molecule has 1 aliphatic rings. The summed E-state index contributed by atoms with van der Waals surface area (Å²) in [6, 6.07) is 9.69. The van der Waals surface area contributed by atoms with Crippen LogP contribution >= 0.6 is 11.6 Å². The third-order valence-electron chi connectivity index (χ3n) is 3.37. The van der Waals surface area contributed by atoms with Gasteiger partial charge in [0.1, 0.15) is 5.03 Å². The first kappa shape index (κ1) is 13.2. The number of nitrogens with zero attached hydrogens (tertiary/aromatic N) is 1. The molecule has 1 aromatic carbocycles. The number of rotatable bonds is 2. The summed E-state index contributed by atoms with van der Waals surface area (Å²) in [6.07, 6.45) is 3.88. The van der Waals surface area contributed by atoms with Crippen molar-refractivity contribution in [2.24, 2.45) is 5.92 Å². The van der Waals surface area contributed by atoms with Gasteiger partial charge in [-0.25, -0.2) is 0 Å². The van der Waals surface area contributed by atoms with E-state index in [0.717, 1.165) is 31.5 Å². The number of halogens is 1. The zero-order valence-electron chi connectivity index (χ0n) is 10.6. The van der Waals surface area contributed by atoms with Crippen molar-refractivity contribution in [2.45, 2.75) is 19.8 Å². The molecule has 3 heteroatoms. The summed E-state index contributed by atoms with van der Waals surface area (Å²) in [4.78, 5) is 14.0. The molecule has 0 unspecified atom stereocenters. The van der Waals surface area contributed by atoms with E-state index in [2.05, 4.69) is 6.92 Å². The number of likely N-dealkylation sites (tertiary alicyclic amines) is 1. The molecule has 18 heavy (non-hydrogen) atoms. The van der Waals surface area contributed by atoms with Crippen LogP contribution in [0.4, 0.5) is 0 Å². The number of hydrogen-bond donors (Lipinski definition) is 0. The van der Waals surface area contributed by atoms with E-state index in [4.69, 9.17) is 11.6 Å². The molecule has 0 radical (unpaired) electrons. The largest absolute Gasteiger partial charge is 0.338 e. The molecule has 0 bridgehead atoms. The normalized spacial score (nSPS) is 17.9. The Kier molecular flexibility index (Phi) is 4.43. The quantitative estimate of drug-likeness (QED) is 0.748. The zero-order valence-corrected chi connectivity index (χ0v) is 11.4. The van der Waals surface area contributed by atoms with Crippen LogP contribution < -0.4 is 0 Å². The van der Waals surface area contributed by atoms with Crippen molar-refractivity contribution in [1.82, 2.24) is 4.90 Å². The van der Waals surface area contributed by atoms with Gasteiger partial charge in [-0.1, -0.05) is 48.9 Å². The summed E-state index contributed by atoms with van der Waals surface area (Å²) in [5.74, 6) is 0.665. The van der Waals surface area contributed by atoms with Gasteiger partial charge in [0, 0.05) is 13.1 Å². The molecule has 1 amide bonds. The van der Waals surface area contributed by atoms with Crippen molar-refractivity contribution >= 4 is 23.6 Å². The van der Waals surface area contributed by atoms with E-state index >= 15 is 0 Å². The van der Waals surface area contributed by atoms with Crippen molar-refractivity contribution in [1.29, 1.82) is 0 Å². The summed E-state index contributed by atoms with van der Waals surface area (Å²) in [6.45, 7) is 3.86. The lowest BCUT2D eigenvalue weighted by Crippen LogP contribution is -2.37. The molecular weight excluding hydrogens is 246 g/mol. The fraction of sp³-hybridized carbons (Fsp3) is 0.400. The van der Waals surface area contributed by atoms with Crippen molar-refractivity contribution in [3.63, 3.8) is 0 Å². The van der Waals surface area contributed by atoms with Gasteiger partial charge in [-0.3, -0.25) is 4.79 Å². The maximum Gasteiger partial charge on any atom is 0.265 e. The number of piperidine rings is 1. The molecule has 0 aromatic heterocycles. The Labute approximate surface area is 113 Å². The van der Waals surface area contributed by atoms with Crippen LogP contribution in [0.2, 0.25) is 0 Å². The molecule has 96 valence electrons. The lowest BCUT2D eigenvalue weighted by atomic mass is 9.99. The molecule has 1 heterocycles. The topological polar surface area (TPSA) is 20.3 Å². The average Bonchev–Trinajstić information content (AvgIpc) is 2.40. The van der Waals surface area contributed by atoms with Crippen LogP contribution in [-0.2, 0) is 4.79 Å². The standard InChI is InChI=1S/C15H18ClNO/c1-12-7-9-17(10-8-12)15(18)14(16)11-13-5-3-2-4-6-13/h2-6,11-12H,7-10H2,1H3/b14-11+. The highest BCUT2D eigenvalue weighted by atomic mass is 35.5. The van der Waals surface area contributed by atoms with Gasteiger partial charge in [-0.2, -0.15) is 0 Å². The molecule has 0 N–H and O–H groups in total. The van der Waals surface area contributed by atoms with Crippen molar-refractivity contribution < 1.29 is 4.79 Å². The monoisotopic (exact) mass is 263 g/mol. The Morgan fingerprint density at radius 3 is 2.50 bits per heavy atom. The average molecular weight is 264 g/mol. The minimum Gasteiger partial charge on any atom is -0.338 e. The maximum atomic E-state index is 12.1. The molecule has 0 atom stereocenters. The van der Waals surface area contributed by atoms with Crippen molar-refractivity contribution in [3.8, 4) is 0 Å². The number of amides is 1. The Bertz CT molecular complexity index is 433. The van der Waals surface area contributed by atoms with E-state index in [1.807, 2.05) is 35.2 Å². The number of benzene rings is 1. The van der Waals surface area contributed by atoms with Crippen molar-refractivity contribution in [3.05, 3.63) is 40.9 Å². The summed E-state index contributed by atoms with van der Waals surface area (Å²) in [5.41, 5.74) is 0.959. The Morgan fingerprint density at radius 1 is 1.28 bits per heavy atom. The summed E-state index contributed by atoms with van der Waals surface area (Å²) < 4.78 is 0. The predicted molar refractivity (Wildman–Crippen MR) is 75.3 cm³/mol.